The molecule has 0 saturated carbocycles. The maximum absolute atomic E-state index is 11.8. The summed E-state index contributed by atoms with van der Waals surface area (Å²) < 4.78 is 35.3. The first kappa shape index (κ1) is 38.4. The fourth-order valence-corrected chi connectivity index (χ4v) is 2.92. The molecule has 0 aromatic heterocycles. The molecule has 0 radical (unpaired) electrons. The predicted molar refractivity (Wildman–Crippen MR) is 132 cm³/mol. The van der Waals surface area contributed by atoms with Crippen LogP contribution < -0.4 is 5.19 Å². The number of halogens is 3. The van der Waals surface area contributed by atoms with Gasteiger partial charge in [0.05, 0.1) is 0 Å². The van der Waals surface area contributed by atoms with E-state index >= 15 is 0 Å². The van der Waals surface area contributed by atoms with Crippen LogP contribution in [0, 0.1) is 0 Å². The van der Waals surface area contributed by atoms with Gasteiger partial charge in [-0.05, 0) is 0 Å². The van der Waals surface area contributed by atoms with Gasteiger partial charge in [0.25, 0.3) is 0 Å². The third-order valence-corrected chi connectivity index (χ3v) is 3.77. The molecule has 0 aliphatic rings. The molecule has 0 aliphatic carbocycles. The molecule has 182 valence electrons. The summed E-state index contributed by atoms with van der Waals surface area (Å²) in [6.07, 6.45) is 0. The normalized spacial score (nSPS) is 11.0. The molecule has 0 amide bonds. The molecule has 0 aliphatic heterocycles. The Morgan fingerprint density at radius 1 is 0.516 bits per heavy atom. The van der Waals surface area contributed by atoms with E-state index in [0.717, 1.165) is 12.1 Å². The van der Waals surface area contributed by atoms with Crippen LogP contribution in [0.1, 0.15) is 83.1 Å². The topological polar surface area (TPSA) is 42.3 Å². The van der Waals surface area contributed by atoms with E-state index in [4.69, 9.17) is 0 Å². The summed E-state index contributed by atoms with van der Waals surface area (Å²) >= 11 is 0. The van der Waals surface area contributed by atoms with Crippen LogP contribution in [-0.4, -0.2) is 45.3 Å². The number of hydrogen-bond acceptors (Lipinski definition) is 0. The molecule has 1 rings (SSSR count). The van der Waals surface area contributed by atoms with Gasteiger partial charge in [-0.1, -0.05) is 88.3 Å². The molecule has 0 spiro atoms. The van der Waals surface area contributed by atoms with Crippen molar-refractivity contribution in [2.45, 2.75) is 119 Å². The van der Waals surface area contributed by atoms with E-state index < -0.39 is 14.3 Å². The molecule has 0 atom stereocenters. The van der Waals surface area contributed by atoms with Crippen LogP contribution in [-0.2, 0) is 26.2 Å². The monoisotopic (exact) mass is 539 g/mol. The average Bonchev–Trinajstić information content (AvgIpc) is 2.98. The minimum absolute atomic E-state index is 0. The second kappa shape index (κ2) is 21.9. The van der Waals surface area contributed by atoms with E-state index in [2.05, 4.69) is 99.0 Å². The zero-order valence-corrected chi connectivity index (χ0v) is 25.2. The minimum atomic E-state index is -5.48. The standard InChI is InChI=1S/3C6H14N.C5H4F3Si.Zr/c3*1-5(2)7-6(3)4;6-9(7,8)5-3-1-2-4-5;/h3*5-6H,1-4H3;1-4H;/q4*-1;+4. The van der Waals surface area contributed by atoms with E-state index in [-0.39, 0.29) is 26.2 Å². The second-order valence-corrected chi connectivity index (χ2v) is 10.3. The molecule has 0 fully saturated rings. The van der Waals surface area contributed by atoms with Crippen molar-refractivity contribution in [3.8, 4) is 0 Å². The zero-order chi connectivity index (χ0) is 24.5. The fourth-order valence-electron chi connectivity index (χ4n) is 2.35. The van der Waals surface area contributed by atoms with Crippen LogP contribution >= 0.6 is 0 Å². The van der Waals surface area contributed by atoms with Crippen LogP contribution in [0.25, 0.3) is 16.0 Å². The molecular formula is C23H46F3N3SiZr. The first-order chi connectivity index (χ1) is 13.5. The van der Waals surface area contributed by atoms with Gasteiger partial charge in [0.2, 0.25) is 0 Å². The van der Waals surface area contributed by atoms with Gasteiger partial charge in [0.15, 0.2) is 0 Å². The van der Waals surface area contributed by atoms with Gasteiger partial charge < -0.3 is 16.0 Å². The molecule has 3 nitrogen and oxygen atoms in total. The average molecular weight is 541 g/mol. The van der Waals surface area contributed by atoms with Crippen molar-refractivity contribution in [1.82, 2.24) is 0 Å². The first-order valence-electron chi connectivity index (χ1n) is 10.9. The predicted octanol–water partition coefficient (Wildman–Crippen LogP) is 7.99. The van der Waals surface area contributed by atoms with E-state index in [1.54, 1.807) is 0 Å². The van der Waals surface area contributed by atoms with Gasteiger partial charge >= 0.3 is 35.3 Å². The summed E-state index contributed by atoms with van der Waals surface area (Å²) in [5, 5.41) is 12.4. The summed E-state index contributed by atoms with van der Waals surface area (Å²) in [6.45, 7) is 25.2. The number of rotatable bonds is 7. The Balaban J connectivity index is -0.000000156. The maximum Gasteiger partial charge on any atom is 4.00 e. The Kier molecular flexibility index (Phi) is 27.2. The molecule has 0 heterocycles. The molecule has 1 aromatic carbocycles. The molecule has 0 unspecified atom stereocenters. The summed E-state index contributed by atoms with van der Waals surface area (Å²) in [4.78, 5) is 0. The van der Waals surface area contributed by atoms with Crippen molar-refractivity contribution < 1.29 is 38.5 Å². The SMILES string of the molecule is CC(C)[N-]C(C)C.CC(C)[N-]C(C)C.CC(C)[N-]C(C)C.F[Si](F)(F)[c-]1cccc1.[Zr+4]. The number of hydrogen-bond donors (Lipinski definition) is 0. The quantitative estimate of drug-likeness (QED) is 0.191. The molecule has 0 saturated heterocycles. The zero-order valence-electron chi connectivity index (χ0n) is 21.7. The van der Waals surface area contributed by atoms with Crippen molar-refractivity contribution in [1.29, 1.82) is 0 Å². The van der Waals surface area contributed by atoms with Gasteiger partial charge in [0, 0.05) is 0 Å². The summed E-state index contributed by atoms with van der Waals surface area (Å²) in [7, 11) is -5.48. The van der Waals surface area contributed by atoms with E-state index in [1.807, 2.05) is 0 Å². The van der Waals surface area contributed by atoms with Crippen LogP contribution in [0.3, 0.4) is 0 Å². The van der Waals surface area contributed by atoms with Crippen molar-refractivity contribution >= 4 is 14.3 Å². The largest absolute Gasteiger partial charge is 4.00 e. The van der Waals surface area contributed by atoms with Crippen molar-refractivity contribution in [2.75, 3.05) is 0 Å². The third kappa shape index (κ3) is 37.7. The Bertz CT molecular complexity index is 410. The van der Waals surface area contributed by atoms with E-state index in [0.29, 0.717) is 36.3 Å². The maximum atomic E-state index is 11.8. The molecular weight excluding hydrogens is 495 g/mol. The van der Waals surface area contributed by atoms with Gasteiger partial charge in [-0.15, -0.1) is 36.3 Å². The number of nitrogens with zero attached hydrogens (tertiary/aromatic N) is 3. The van der Waals surface area contributed by atoms with E-state index in [9.17, 15) is 12.3 Å². The summed E-state index contributed by atoms with van der Waals surface area (Å²) in [5.74, 6) is 0. The van der Waals surface area contributed by atoms with Crippen molar-refractivity contribution in [3.05, 3.63) is 40.2 Å². The van der Waals surface area contributed by atoms with Gasteiger partial charge in [0.1, 0.15) is 0 Å². The molecule has 1 aromatic rings. The molecule has 0 N–H and O–H groups in total. The Hall–Kier alpha value is 0.120. The van der Waals surface area contributed by atoms with Gasteiger partial charge in [-0.25, -0.2) is 24.5 Å². The van der Waals surface area contributed by atoms with Crippen molar-refractivity contribution in [3.63, 3.8) is 0 Å². The summed E-state index contributed by atoms with van der Waals surface area (Å²) in [6, 6.07) is 8.00. The van der Waals surface area contributed by atoms with Crippen LogP contribution in [0.5, 0.6) is 0 Å². The van der Waals surface area contributed by atoms with Gasteiger partial charge in [-0.2, -0.15) is 12.1 Å². The minimum Gasteiger partial charge on any atom is -0.658 e. The van der Waals surface area contributed by atoms with Crippen LogP contribution in [0.4, 0.5) is 12.3 Å². The summed E-state index contributed by atoms with van der Waals surface area (Å²) in [5.41, 5.74) is 0. The van der Waals surface area contributed by atoms with Crippen LogP contribution in [0.15, 0.2) is 24.3 Å². The van der Waals surface area contributed by atoms with Gasteiger partial charge in [-0.3, -0.25) is 0 Å². The smallest absolute Gasteiger partial charge is 0.658 e. The molecule has 31 heavy (non-hydrogen) atoms. The van der Waals surface area contributed by atoms with Crippen LogP contribution in [0.2, 0.25) is 0 Å². The van der Waals surface area contributed by atoms with E-state index in [1.165, 1.54) is 12.1 Å². The Morgan fingerprint density at radius 3 is 0.774 bits per heavy atom. The Labute approximate surface area is 211 Å². The second-order valence-electron chi connectivity index (χ2n) is 8.68. The fraction of sp³-hybridized carbons (Fsp3) is 0.783. The molecule has 8 heteroatoms. The Morgan fingerprint density at radius 2 is 0.710 bits per heavy atom. The molecule has 0 bridgehead atoms. The third-order valence-electron chi connectivity index (χ3n) is 2.78. The first-order valence-corrected chi connectivity index (χ1v) is 12.5. The van der Waals surface area contributed by atoms with Crippen molar-refractivity contribution in [2.24, 2.45) is 0 Å².